The lowest BCUT2D eigenvalue weighted by atomic mass is 10.1. The van der Waals surface area contributed by atoms with Crippen molar-refractivity contribution < 1.29 is 22.4 Å². The molecule has 0 radical (unpaired) electrons. The summed E-state index contributed by atoms with van der Waals surface area (Å²) in [5.41, 5.74) is 0.774. The standard InChI is InChI=1S/C20H19F4NO/c1-2-25(12-13-4-3-5-16(21)10-13)19(26)18-11-17(18)14-6-8-15(9-7-14)20(22,23)24/h3-10,17-18H,2,11-12H2,1H3. The minimum atomic E-state index is -4.36. The predicted molar refractivity (Wildman–Crippen MR) is 89.8 cm³/mol. The Morgan fingerprint density at radius 2 is 1.85 bits per heavy atom. The molecule has 6 heteroatoms. The van der Waals surface area contributed by atoms with Crippen LogP contribution in [0.4, 0.5) is 17.6 Å². The summed E-state index contributed by atoms with van der Waals surface area (Å²) in [7, 11) is 0. The summed E-state index contributed by atoms with van der Waals surface area (Å²) in [6.07, 6.45) is -3.73. The van der Waals surface area contributed by atoms with E-state index in [1.807, 2.05) is 6.92 Å². The van der Waals surface area contributed by atoms with Crippen molar-refractivity contribution in [2.75, 3.05) is 6.54 Å². The zero-order valence-electron chi connectivity index (χ0n) is 14.3. The first-order valence-corrected chi connectivity index (χ1v) is 8.50. The highest BCUT2D eigenvalue weighted by atomic mass is 19.4. The Balaban J connectivity index is 1.65. The number of rotatable bonds is 5. The number of halogens is 4. The van der Waals surface area contributed by atoms with Crippen molar-refractivity contribution >= 4 is 5.91 Å². The second kappa shape index (κ2) is 7.09. The molecule has 0 saturated heterocycles. The van der Waals surface area contributed by atoms with E-state index >= 15 is 0 Å². The molecule has 2 aromatic rings. The van der Waals surface area contributed by atoms with Gasteiger partial charge in [0.25, 0.3) is 0 Å². The molecule has 2 nitrogen and oxygen atoms in total. The first kappa shape index (κ1) is 18.4. The molecule has 0 aliphatic heterocycles. The quantitative estimate of drug-likeness (QED) is 0.683. The number of nitrogens with zero attached hydrogens (tertiary/aromatic N) is 1. The summed E-state index contributed by atoms with van der Waals surface area (Å²) in [5, 5.41) is 0. The van der Waals surface area contributed by atoms with Gasteiger partial charge in [-0.05, 0) is 54.7 Å². The van der Waals surface area contributed by atoms with Gasteiger partial charge in [0.1, 0.15) is 5.82 Å². The second-order valence-electron chi connectivity index (χ2n) is 6.55. The maximum atomic E-state index is 13.3. The molecule has 1 aliphatic rings. The summed E-state index contributed by atoms with van der Waals surface area (Å²) >= 11 is 0. The van der Waals surface area contributed by atoms with Crippen molar-refractivity contribution in [1.82, 2.24) is 4.90 Å². The van der Waals surface area contributed by atoms with E-state index in [9.17, 15) is 22.4 Å². The molecule has 0 N–H and O–H groups in total. The topological polar surface area (TPSA) is 20.3 Å². The molecular weight excluding hydrogens is 346 g/mol. The third-order valence-electron chi connectivity index (χ3n) is 4.73. The SMILES string of the molecule is CCN(Cc1cccc(F)c1)C(=O)C1CC1c1ccc(C(F)(F)F)cc1. The highest BCUT2D eigenvalue weighted by Gasteiger charge is 2.45. The monoisotopic (exact) mass is 365 g/mol. The average molecular weight is 365 g/mol. The fraction of sp³-hybridized carbons (Fsp3) is 0.350. The Morgan fingerprint density at radius 1 is 1.15 bits per heavy atom. The van der Waals surface area contributed by atoms with E-state index in [-0.39, 0.29) is 23.6 Å². The third kappa shape index (κ3) is 4.06. The summed E-state index contributed by atoms with van der Waals surface area (Å²) in [6, 6.07) is 11.1. The van der Waals surface area contributed by atoms with E-state index in [1.165, 1.54) is 24.3 Å². The fourth-order valence-corrected chi connectivity index (χ4v) is 3.19. The maximum absolute atomic E-state index is 13.3. The van der Waals surface area contributed by atoms with Crippen molar-refractivity contribution in [3.05, 3.63) is 71.0 Å². The largest absolute Gasteiger partial charge is 0.416 e. The molecular formula is C20H19F4NO. The van der Waals surface area contributed by atoms with E-state index in [0.717, 1.165) is 17.7 Å². The molecule has 1 amide bonds. The molecule has 0 aromatic heterocycles. The van der Waals surface area contributed by atoms with E-state index in [1.54, 1.807) is 17.0 Å². The van der Waals surface area contributed by atoms with Crippen LogP contribution in [0.5, 0.6) is 0 Å². The van der Waals surface area contributed by atoms with Crippen LogP contribution >= 0.6 is 0 Å². The summed E-state index contributed by atoms with van der Waals surface area (Å²) in [5.74, 6) is -0.659. The number of hydrogen-bond acceptors (Lipinski definition) is 1. The number of hydrogen-bond donors (Lipinski definition) is 0. The van der Waals surface area contributed by atoms with Crippen LogP contribution in [0.3, 0.4) is 0 Å². The summed E-state index contributed by atoms with van der Waals surface area (Å²) in [4.78, 5) is 14.3. The molecule has 0 spiro atoms. The number of amides is 1. The normalized spacial score (nSPS) is 19.3. The Kier molecular flexibility index (Phi) is 5.03. The van der Waals surface area contributed by atoms with Gasteiger partial charge in [0, 0.05) is 19.0 Å². The van der Waals surface area contributed by atoms with Gasteiger partial charge in [0.15, 0.2) is 0 Å². The lowest BCUT2D eigenvalue weighted by Gasteiger charge is -2.21. The van der Waals surface area contributed by atoms with Gasteiger partial charge in [-0.15, -0.1) is 0 Å². The van der Waals surface area contributed by atoms with Gasteiger partial charge < -0.3 is 4.90 Å². The molecule has 1 aliphatic carbocycles. The van der Waals surface area contributed by atoms with Gasteiger partial charge in [-0.3, -0.25) is 4.79 Å². The van der Waals surface area contributed by atoms with E-state index in [0.29, 0.717) is 25.1 Å². The van der Waals surface area contributed by atoms with Crippen molar-refractivity contribution in [2.24, 2.45) is 5.92 Å². The Morgan fingerprint density at radius 3 is 2.42 bits per heavy atom. The summed E-state index contributed by atoms with van der Waals surface area (Å²) < 4.78 is 51.2. The lowest BCUT2D eigenvalue weighted by molar-refractivity contribution is -0.137. The molecule has 2 aromatic carbocycles. The van der Waals surface area contributed by atoms with Crippen LogP contribution < -0.4 is 0 Å². The molecule has 2 unspecified atom stereocenters. The number of carbonyl (C=O) groups excluding carboxylic acids is 1. The minimum Gasteiger partial charge on any atom is -0.338 e. The fourth-order valence-electron chi connectivity index (χ4n) is 3.19. The Labute approximate surface area is 149 Å². The van der Waals surface area contributed by atoms with Gasteiger partial charge in [-0.2, -0.15) is 13.2 Å². The van der Waals surface area contributed by atoms with Crippen LogP contribution in [-0.4, -0.2) is 17.4 Å². The summed E-state index contributed by atoms with van der Waals surface area (Å²) in [6.45, 7) is 2.67. The zero-order valence-corrected chi connectivity index (χ0v) is 14.3. The molecule has 1 saturated carbocycles. The molecule has 0 bridgehead atoms. The highest BCUT2D eigenvalue weighted by molar-refractivity contribution is 5.83. The van der Waals surface area contributed by atoms with Crippen LogP contribution in [0.25, 0.3) is 0 Å². The van der Waals surface area contributed by atoms with Crippen molar-refractivity contribution in [1.29, 1.82) is 0 Å². The molecule has 1 fully saturated rings. The van der Waals surface area contributed by atoms with Crippen LogP contribution in [0.2, 0.25) is 0 Å². The smallest absolute Gasteiger partial charge is 0.338 e. The molecule has 2 atom stereocenters. The van der Waals surface area contributed by atoms with Gasteiger partial charge in [0.2, 0.25) is 5.91 Å². The number of alkyl halides is 3. The van der Waals surface area contributed by atoms with Gasteiger partial charge in [0.05, 0.1) is 5.56 Å². The maximum Gasteiger partial charge on any atom is 0.416 e. The van der Waals surface area contributed by atoms with Gasteiger partial charge in [-0.1, -0.05) is 24.3 Å². The van der Waals surface area contributed by atoms with E-state index in [2.05, 4.69) is 0 Å². The van der Waals surface area contributed by atoms with Crippen LogP contribution in [0.1, 0.15) is 36.0 Å². The molecule has 26 heavy (non-hydrogen) atoms. The van der Waals surface area contributed by atoms with E-state index in [4.69, 9.17) is 0 Å². The van der Waals surface area contributed by atoms with Crippen molar-refractivity contribution in [3.63, 3.8) is 0 Å². The Hall–Kier alpha value is -2.37. The van der Waals surface area contributed by atoms with Crippen molar-refractivity contribution in [3.8, 4) is 0 Å². The average Bonchev–Trinajstić information content (AvgIpc) is 3.39. The zero-order chi connectivity index (χ0) is 18.9. The molecule has 0 heterocycles. The molecule has 3 rings (SSSR count). The number of benzene rings is 2. The molecule has 138 valence electrons. The third-order valence-corrected chi connectivity index (χ3v) is 4.73. The number of carbonyl (C=O) groups is 1. The van der Waals surface area contributed by atoms with Gasteiger partial charge in [-0.25, -0.2) is 4.39 Å². The Bertz CT molecular complexity index is 785. The van der Waals surface area contributed by atoms with Crippen LogP contribution in [0, 0.1) is 11.7 Å². The van der Waals surface area contributed by atoms with E-state index < -0.39 is 11.7 Å². The lowest BCUT2D eigenvalue weighted by Crippen LogP contribution is -2.32. The van der Waals surface area contributed by atoms with Crippen molar-refractivity contribution in [2.45, 2.75) is 32.0 Å². The van der Waals surface area contributed by atoms with Crippen LogP contribution in [-0.2, 0) is 17.5 Å². The second-order valence-corrected chi connectivity index (χ2v) is 6.55. The highest BCUT2D eigenvalue weighted by Crippen LogP contribution is 2.49. The minimum absolute atomic E-state index is 0.0401. The first-order valence-electron chi connectivity index (χ1n) is 8.50. The predicted octanol–water partition coefficient (Wildman–Crippen LogP) is 5.00. The van der Waals surface area contributed by atoms with Gasteiger partial charge >= 0.3 is 6.18 Å². The van der Waals surface area contributed by atoms with Crippen LogP contribution in [0.15, 0.2) is 48.5 Å². The first-order chi connectivity index (χ1) is 12.3.